The summed E-state index contributed by atoms with van der Waals surface area (Å²) in [5, 5.41) is 11.4. The van der Waals surface area contributed by atoms with Crippen LogP contribution in [0.5, 0.6) is 0 Å². The van der Waals surface area contributed by atoms with Gasteiger partial charge >= 0.3 is 0 Å². The predicted octanol–water partition coefficient (Wildman–Crippen LogP) is 2.46. The maximum absolute atomic E-state index is 12.4. The normalized spacial score (nSPS) is 13.4. The van der Waals surface area contributed by atoms with E-state index in [1.807, 2.05) is 0 Å². The van der Waals surface area contributed by atoms with E-state index in [2.05, 4.69) is 5.16 Å². The highest BCUT2D eigenvalue weighted by Gasteiger charge is 2.29. The molecule has 0 heterocycles. The van der Waals surface area contributed by atoms with Crippen LogP contribution in [0.2, 0.25) is 0 Å². The molecule has 2 aromatic carbocycles. The maximum atomic E-state index is 12.4. The minimum absolute atomic E-state index is 0.127. The van der Waals surface area contributed by atoms with E-state index in [9.17, 15) is 9.59 Å². The summed E-state index contributed by atoms with van der Waals surface area (Å²) in [5.41, 5.74) is 2.56. The number of oxime groups is 1. The molecular formula is C16H11NO3. The molecule has 1 aliphatic rings. The third-order valence-corrected chi connectivity index (χ3v) is 3.40. The van der Waals surface area contributed by atoms with Crippen molar-refractivity contribution in [3.8, 4) is 0 Å². The van der Waals surface area contributed by atoms with Gasteiger partial charge in [0, 0.05) is 34.9 Å². The Hall–Kier alpha value is -2.75. The van der Waals surface area contributed by atoms with E-state index in [-0.39, 0.29) is 11.6 Å². The number of benzene rings is 2. The highest BCUT2D eigenvalue weighted by atomic mass is 16.4. The van der Waals surface area contributed by atoms with Crippen LogP contribution in [0.4, 0.5) is 0 Å². The molecule has 1 aliphatic carbocycles. The maximum Gasteiger partial charge on any atom is 0.194 e. The van der Waals surface area contributed by atoms with Crippen molar-refractivity contribution < 1.29 is 14.8 Å². The van der Waals surface area contributed by atoms with E-state index in [4.69, 9.17) is 5.21 Å². The fourth-order valence-corrected chi connectivity index (χ4v) is 2.42. The summed E-state index contributed by atoms with van der Waals surface area (Å²) >= 11 is 0. The lowest BCUT2D eigenvalue weighted by atomic mass is 9.83. The van der Waals surface area contributed by atoms with Crippen molar-refractivity contribution in [1.82, 2.24) is 0 Å². The minimum atomic E-state index is -0.141. The number of carbonyl (C=O) groups is 2. The summed E-state index contributed by atoms with van der Waals surface area (Å²) < 4.78 is 0. The minimum Gasteiger partial charge on any atom is -0.411 e. The standard InChI is InChI=1S/C16H11NO3/c18-15-11-3-1-2-4-12(11)16(19)14-9-10(7-8-17-20)5-6-13(14)15/h1-6,8-9,20H,7H2. The second-order valence-electron chi connectivity index (χ2n) is 4.59. The highest BCUT2D eigenvalue weighted by molar-refractivity contribution is 6.28. The van der Waals surface area contributed by atoms with Gasteiger partial charge in [-0.25, -0.2) is 0 Å². The van der Waals surface area contributed by atoms with Crippen LogP contribution in [0.3, 0.4) is 0 Å². The van der Waals surface area contributed by atoms with Gasteiger partial charge in [0.25, 0.3) is 0 Å². The molecule has 1 N–H and O–H groups in total. The number of ketones is 2. The first-order valence-electron chi connectivity index (χ1n) is 6.19. The van der Waals surface area contributed by atoms with E-state index in [1.165, 1.54) is 6.21 Å². The second kappa shape index (κ2) is 4.74. The van der Waals surface area contributed by atoms with Crippen molar-refractivity contribution in [2.45, 2.75) is 6.42 Å². The van der Waals surface area contributed by atoms with Crippen LogP contribution in [0.1, 0.15) is 37.4 Å². The van der Waals surface area contributed by atoms with Gasteiger partial charge in [0.15, 0.2) is 11.6 Å². The second-order valence-corrected chi connectivity index (χ2v) is 4.59. The van der Waals surface area contributed by atoms with Gasteiger partial charge in [0.1, 0.15) is 0 Å². The van der Waals surface area contributed by atoms with Crippen molar-refractivity contribution in [3.05, 3.63) is 70.3 Å². The Balaban J connectivity index is 2.13. The van der Waals surface area contributed by atoms with Crippen molar-refractivity contribution in [3.63, 3.8) is 0 Å². The average Bonchev–Trinajstić information content (AvgIpc) is 2.50. The molecule has 0 aliphatic heterocycles. The Kier molecular flexibility index (Phi) is 2.91. The molecular weight excluding hydrogens is 254 g/mol. The Morgan fingerprint density at radius 3 is 2.15 bits per heavy atom. The smallest absolute Gasteiger partial charge is 0.194 e. The zero-order valence-corrected chi connectivity index (χ0v) is 10.5. The van der Waals surface area contributed by atoms with Crippen LogP contribution >= 0.6 is 0 Å². The Morgan fingerprint density at radius 1 is 0.900 bits per heavy atom. The number of carbonyl (C=O) groups excluding carboxylic acids is 2. The molecule has 2 aromatic rings. The van der Waals surface area contributed by atoms with E-state index >= 15 is 0 Å². The SMILES string of the molecule is O=C1c2ccccc2C(=O)c2cc(CC=NO)ccc21. The molecule has 3 rings (SSSR count). The molecule has 0 spiro atoms. The van der Waals surface area contributed by atoms with Gasteiger partial charge in [-0.1, -0.05) is 36.4 Å². The first-order chi connectivity index (χ1) is 9.72. The molecule has 4 nitrogen and oxygen atoms in total. The monoisotopic (exact) mass is 265 g/mol. The predicted molar refractivity (Wildman–Crippen MR) is 73.7 cm³/mol. The first-order valence-corrected chi connectivity index (χ1v) is 6.19. The van der Waals surface area contributed by atoms with E-state index in [1.54, 1.807) is 42.5 Å². The van der Waals surface area contributed by atoms with Crippen LogP contribution in [-0.4, -0.2) is 23.0 Å². The highest BCUT2D eigenvalue weighted by Crippen LogP contribution is 2.27. The summed E-state index contributed by atoms with van der Waals surface area (Å²) in [5.74, 6) is -0.268. The van der Waals surface area contributed by atoms with E-state index in [0.717, 1.165) is 5.56 Å². The fourth-order valence-electron chi connectivity index (χ4n) is 2.42. The molecule has 4 heteroatoms. The lowest BCUT2D eigenvalue weighted by molar-refractivity contribution is 0.0979. The molecule has 0 amide bonds. The lowest BCUT2D eigenvalue weighted by Gasteiger charge is -2.17. The van der Waals surface area contributed by atoms with Crippen molar-refractivity contribution >= 4 is 17.8 Å². The number of rotatable bonds is 2. The molecule has 0 radical (unpaired) electrons. The third kappa shape index (κ3) is 1.82. The molecule has 0 aromatic heterocycles. The molecule has 0 saturated carbocycles. The van der Waals surface area contributed by atoms with Crippen LogP contribution in [0.15, 0.2) is 47.6 Å². The van der Waals surface area contributed by atoms with Gasteiger partial charge in [-0.2, -0.15) is 0 Å². The van der Waals surface area contributed by atoms with Crippen molar-refractivity contribution in [2.24, 2.45) is 5.16 Å². The number of hydrogen-bond acceptors (Lipinski definition) is 4. The van der Waals surface area contributed by atoms with E-state index < -0.39 is 0 Å². The largest absolute Gasteiger partial charge is 0.411 e. The van der Waals surface area contributed by atoms with Crippen LogP contribution < -0.4 is 0 Å². The van der Waals surface area contributed by atoms with Gasteiger partial charge in [-0.05, 0) is 11.6 Å². The molecule has 0 fully saturated rings. The quantitative estimate of drug-likeness (QED) is 0.439. The van der Waals surface area contributed by atoms with Crippen LogP contribution in [0.25, 0.3) is 0 Å². The molecule has 20 heavy (non-hydrogen) atoms. The zero-order valence-electron chi connectivity index (χ0n) is 10.5. The molecule has 0 saturated heterocycles. The van der Waals surface area contributed by atoms with Crippen molar-refractivity contribution in [1.29, 1.82) is 0 Å². The molecule has 98 valence electrons. The van der Waals surface area contributed by atoms with E-state index in [0.29, 0.717) is 28.7 Å². The summed E-state index contributed by atoms with van der Waals surface area (Å²) in [4.78, 5) is 24.8. The summed E-state index contributed by atoms with van der Waals surface area (Å²) in [6.45, 7) is 0. The first kappa shape index (κ1) is 12.3. The van der Waals surface area contributed by atoms with Crippen LogP contribution in [0, 0.1) is 0 Å². The fraction of sp³-hybridized carbons (Fsp3) is 0.0625. The van der Waals surface area contributed by atoms with Gasteiger partial charge in [-0.15, -0.1) is 5.16 Å². The van der Waals surface area contributed by atoms with Crippen molar-refractivity contribution in [2.75, 3.05) is 0 Å². The molecule has 0 unspecified atom stereocenters. The summed E-state index contributed by atoms with van der Waals surface area (Å²) in [7, 11) is 0. The summed E-state index contributed by atoms with van der Waals surface area (Å²) in [6.07, 6.45) is 1.75. The van der Waals surface area contributed by atoms with Gasteiger partial charge in [-0.3, -0.25) is 9.59 Å². The number of hydrogen-bond donors (Lipinski definition) is 1. The third-order valence-electron chi connectivity index (χ3n) is 3.40. The average molecular weight is 265 g/mol. The molecule has 0 bridgehead atoms. The van der Waals surface area contributed by atoms with Crippen LogP contribution in [-0.2, 0) is 6.42 Å². The number of nitrogens with zero attached hydrogens (tertiary/aromatic N) is 1. The van der Waals surface area contributed by atoms with Gasteiger partial charge in [0.05, 0.1) is 0 Å². The number of fused-ring (bicyclic) bond motifs is 2. The topological polar surface area (TPSA) is 66.7 Å². The zero-order chi connectivity index (χ0) is 14.1. The summed E-state index contributed by atoms with van der Waals surface area (Å²) in [6, 6.07) is 11.9. The van der Waals surface area contributed by atoms with Gasteiger partial charge in [0.2, 0.25) is 0 Å². The Morgan fingerprint density at radius 2 is 1.50 bits per heavy atom. The Bertz CT molecular complexity index is 747. The van der Waals surface area contributed by atoms with Gasteiger partial charge < -0.3 is 5.21 Å². The molecule has 0 atom stereocenters. The Labute approximate surface area is 115 Å². The lowest BCUT2D eigenvalue weighted by Crippen LogP contribution is -2.21.